The molecule has 2 aromatic rings. The highest BCUT2D eigenvalue weighted by atomic mass is 19.4. The fourth-order valence-corrected chi connectivity index (χ4v) is 4.72. The van der Waals surface area contributed by atoms with Crippen LogP contribution in [0.15, 0.2) is 42.5 Å². The molecule has 188 valence electrons. The first-order chi connectivity index (χ1) is 16.1. The van der Waals surface area contributed by atoms with Crippen LogP contribution in [-0.2, 0) is 18.7 Å². The SMILES string of the molecule is CCCCCC1CCC(CCc2ccc(OC(F)(F)c3ccc(C(F)(F)F)c(F)c3)cc2)CC1. The second kappa shape index (κ2) is 11.5. The number of halogens is 6. The zero-order valence-electron chi connectivity index (χ0n) is 19.4. The molecule has 1 aliphatic rings. The summed E-state index contributed by atoms with van der Waals surface area (Å²) in [4.78, 5) is 0. The lowest BCUT2D eigenvalue weighted by Crippen LogP contribution is -2.22. The lowest BCUT2D eigenvalue weighted by atomic mass is 9.78. The molecule has 0 radical (unpaired) electrons. The molecule has 0 N–H and O–H groups in total. The number of alkyl halides is 5. The van der Waals surface area contributed by atoms with E-state index in [4.69, 9.17) is 0 Å². The quantitative estimate of drug-likeness (QED) is 0.240. The zero-order chi connectivity index (χ0) is 24.8. The Morgan fingerprint density at radius 1 is 0.824 bits per heavy atom. The first-order valence-electron chi connectivity index (χ1n) is 12.1. The maximum atomic E-state index is 14.4. The topological polar surface area (TPSA) is 9.23 Å². The van der Waals surface area contributed by atoms with Gasteiger partial charge in [0.05, 0.1) is 11.1 Å². The summed E-state index contributed by atoms with van der Waals surface area (Å²) in [6.07, 6.45) is 3.29. The number of benzene rings is 2. The van der Waals surface area contributed by atoms with Crippen LogP contribution in [0.25, 0.3) is 0 Å². The van der Waals surface area contributed by atoms with Crippen LogP contribution in [-0.4, -0.2) is 0 Å². The molecule has 3 rings (SSSR count). The minimum atomic E-state index is -4.96. The van der Waals surface area contributed by atoms with E-state index in [9.17, 15) is 26.3 Å². The van der Waals surface area contributed by atoms with Gasteiger partial charge in [-0.3, -0.25) is 0 Å². The number of unbranched alkanes of at least 4 members (excludes halogenated alkanes) is 2. The summed E-state index contributed by atoms with van der Waals surface area (Å²) in [6, 6.07) is 7.24. The first-order valence-corrected chi connectivity index (χ1v) is 12.1. The summed E-state index contributed by atoms with van der Waals surface area (Å²) in [5, 5.41) is 0. The van der Waals surface area contributed by atoms with Gasteiger partial charge in [-0.2, -0.15) is 22.0 Å². The number of ether oxygens (including phenoxy) is 1. The molecule has 0 heterocycles. The molecule has 0 atom stereocenters. The van der Waals surface area contributed by atoms with Gasteiger partial charge in [-0.25, -0.2) is 4.39 Å². The Morgan fingerprint density at radius 3 is 2.00 bits per heavy atom. The van der Waals surface area contributed by atoms with Crippen LogP contribution in [0, 0.1) is 17.7 Å². The van der Waals surface area contributed by atoms with Crippen molar-refractivity contribution in [1.29, 1.82) is 0 Å². The third kappa shape index (κ3) is 7.41. The van der Waals surface area contributed by atoms with Crippen molar-refractivity contribution < 1.29 is 31.1 Å². The number of hydrogen-bond donors (Lipinski definition) is 0. The standard InChI is InChI=1S/C27H32F6O/c1-2-3-4-5-19-6-8-20(9-7-19)10-11-21-12-15-23(16-13-21)34-27(32,33)22-14-17-24(25(28)18-22)26(29,30)31/h12-20H,2-11H2,1H3. The lowest BCUT2D eigenvalue weighted by molar-refractivity contribution is -0.186. The predicted molar refractivity (Wildman–Crippen MR) is 120 cm³/mol. The highest BCUT2D eigenvalue weighted by Gasteiger charge is 2.39. The Bertz CT molecular complexity index is 898. The Morgan fingerprint density at radius 2 is 1.44 bits per heavy atom. The van der Waals surface area contributed by atoms with Crippen LogP contribution in [0.1, 0.15) is 81.4 Å². The second-order valence-electron chi connectivity index (χ2n) is 9.38. The summed E-state index contributed by atoms with van der Waals surface area (Å²) in [5.74, 6) is -0.350. The molecule has 1 fully saturated rings. The summed E-state index contributed by atoms with van der Waals surface area (Å²) in [7, 11) is 0. The van der Waals surface area contributed by atoms with E-state index in [1.807, 2.05) is 0 Å². The molecule has 0 spiro atoms. The molecule has 0 amide bonds. The Balaban J connectivity index is 1.49. The van der Waals surface area contributed by atoms with E-state index >= 15 is 0 Å². The van der Waals surface area contributed by atoms with Crippen molar-refractivity contribution in [3.05, 3.63) is 65.0 Å². The largest absolute Gasteiger partial charge is 0.429 e. The van der Waals surface area contributed by atoms with Crippen molar-refractivity contribution in [2.75, 3.05) is 0 Å². The third-order valence-electron chi connectivity index (χ3n) is 6.80. The van der Waals surface area contributed by atoms with E-state index in [0.717, 1.165) is 24.3 Å². The van der Waals surface area contributed by atoms with Gasteiger partial charge in [0.25, 0.3) is 0 Å². The molecule has 1 saturated carbocycles. The predicted octanol–water partition coefficient (Wildman–Crippen LogP) is 9.29. The van der Waals surface area contributed by atoms with Gasteiger partial charge in [-0.15, -0.1) is 0 Å². The lowest BCUT2D eigenvalue weighted by Gasteiger charge is -2.28. The monoisotopic (exact) mass is 486 g/mol. The van der Waals surface area contributed by atoms with Crippen LogP contribution >= 0.6 is 0 Å². The fraction of sp³-hybridized carbons (Fsp3) is 0.556. The van der Waals surface area contributed by atoms with Crippen LogP contribution in [0.3, 0.4) is 0 Å². The average molecular weight is 487 g/mol. The van der Waals surface area contributed by atoms with Gasteiger partial charge in [-0.1, -0.05) is 70.4 Å². The van der Waals surface area contributed by atoms with Gasteiger partial charge in [0.15, 0.2) is 0 Å². The average Bonchev–Trinajstić information content (AvgIpc) is 2.78. The van der Waals surface area contributed by atoms with Crippen LogP contribution in [0.2, 0.25) is 0 Å². The van der Waals surface area contributed by atoms with Crippen molar-refractivity contribution in [3.63, 3.8) is 0 Å². The summed E-state index contributed by atoms with van der Waals surface area (Å²) in [5.41, 5.74) is -1.56. The maximum absolute atomic E-state index is 14.4. The van der Waals surface area contributed by atoms with Gasteiger partial charge in [0, 0.05) is 0 Å². The molecular formula is C27H32F6O. The zero-order valence-corrected chi connectivity index (χ0v) is 19.4. The van der Waals surface area contributed by atoms with E-state index < -0.39 is 29.2 Å². The minimum Gasteiger partial charge on any atom is -0.429 e. The van der Waals surface area contributed by atoms with Gasteiger partial charge < -0.3 is 4.74 Å². The van der Waals surface area contributed by atoms with Crippen molar-refractivity contribution in [3.8, 4) is 5.75 Å². The molecular weight excluding hydrogens is 454 g/mol. The van der Waals surface area contributed by atoms with Crippen molar-refractivity contribution in [1.82, 2.24) is 0 Å². The van der Waals surface area contributed by atoms with E-state index in [-0.39, 0.29) is 11.8 Å². The van der Waals surface area contributed by atoms with E-state index in [0.29, 0.717) is 18.1 Å². The molecule has 1 aliphatic carbocycles. The first kappa shape index (κ1) is 26.4. The van der Waals surface area contributed by atoms with Crippen molar-refractivity contribution in [2.45, 2.75) is 83.4 Å². The Kier molecular flexibility index (Phi) is 8.94. The molecule has 0 unspecified atom stereocenters. The third-order valence-corrected chi connectivity index (χ3v) is 6.80. The highest BCUT2D eigenvalue weighted by Crippen LogP contribution is 2.37. The molecule has 0 bridgehead atoms. The number of rotatable bonds is 10. The summed E-state index contributed by atoms with van der Waals surface area (Å²) in [6.45, 7) is 2.22. The van der Waals surface area contributed by atoms with Gasteiger partial charge >= 0.3 is 12.3 Å². The molecule has 0 aliphatic heterocycles. The normalized spacial score (nSPS) is 19.3. The van der Waals surface area contributed by atoms with E-state index in [1.54, 1.807) is 12.1 Å². The molecule has 1 nitrogen and oxygen atoms in total. The van der Waals surface area contributed by atoms with Gasteiger partial charge in [0.2, 0.25) is 0 Å². The minimum absolute atomic E-state index is 0.137. The van der Waals surface area contributed by atoms with Crippen molar-refractivity contribution in [2.24, 2.45) is 11.8 Å². The second-order valence-corrected chi connectivity index (χ2v) is 9.38. The van der Waals surface area contributed by atoms with Gasteiger partial charge in [-0.05, 0) is 60.6 Å². The molecule has 0 aromatic heterocycles. The summed E-state index contributed by atoms with van der Waals surface area (Å²) < 4.78 is 85.2. The van der Waals surface area contributed by atoms with Gasteiger partial charge in [0.1, 0.15) is 11.6 Å². The fourth-order valence-electron chi connectivity index (χ4n) is 4.72. The highest BCUT2D eigenvalue weighted by molar-refractivity contribution is 5.31. The van der Waals surface area contributed by atoms with Crippen LogP contribution in [0.4, 0.5) is 26.3 Å². The summed E-state index contributed by atoms with van der Waals surface area (Å²) >= 11 is 0. The van der Waals surface area contributed by atoms with Crippen LogP contribution in [0.5, 0.6) is 5.75 Å². The van der Waals surface area contributed by atoms with Crippen LogP contribution < -0.4 is 4.74 Å². The Hall–Kier alpha value is -2.18. The molecule has 0 saturated heterocycles. The number of aryl methyl sites for hydroxylation is 1. The molecule has 7 heteroatoms. The smallest absolute Gasteiger partial charge is 0.426 e. The maximum Gasteiger partial charge on any atom is 0.426 e. The molecule has 2 aromatic carbocycles. The molecule has 34 heavy (non-hydrogen) atoms. The van der Waals surface area contributed by atoms with E-state index in [1.165, 1.54) is 63.5 Å². The Labute approximate surface area is 197 Å². The number of hydrogen-bond acceptors (Lipinski definition) is 1. The van der Waals surface area contributed by atoms with Crippen molar-refractivity contribution >= 4 is 0 Å². The van der Waals surface area contributed by atoms with E-state index in [2.05, 4.69) is 11.7 Å².